The Morgan fingerprint density at radius 1 is 1.07 bits per heavy atom. The molecule has 0 amide bonds. The maximum absolute atomic E-state index is 11.9. The van der Waals surface area contributed by atoms with Crippen molar-refractivity contribution < 1.29 is 23.6 Å². The summed E-state index contributed by atoms with van der Waals surface area (Å²) in [6, 6.07) is 13.5. The van der Waals surface area contributed by atoms with Crippen LogP contribution in [0.3, 0.4) is 0 Å². The Kier molecular flexibility index (Phi) is 4.04. The molecule has 2 fully saturated rings. The van der Waals surface area contributed by atoms with Crippen LogP contribution >= 0.6 is 11.3 Å². The van der Waals surface area contributed by atoms with Gasteiger partial charge in [-0.15, -0.1) is 11.3 Å². The summed E-state index contributed by atoms with van der Waals surface area (Å²) >= 11 is 1.52. The molecule has 8 nitrogen and oxygen atoms in total. The summed E-state index contributed by atoms with van der Waals surface area (Å²) in [5.41, 5.74) is 0.147. The van der Waals surface area contributed by atoms with Crippen LogP contribution in [0.4, 0.5) is 0 Å². The fourth-order valence-electron chi connectivity index (χ4n) is 3.99. The van der Waals surface area contributed by atoms with Gasteiger partial charge < -0.3 is 14.0 Å². The van der Waals surface area contributed by atoms with E-state index in [0.717, 1.165) is 10.4 Å². The Morgan fingerprint density at radius 3 is 2.52 bits per heavy atom. The first-order valence-corrected chi connectivity index (χ1v) is 10.0. The van der Waals surface area contributed by atoms with Gasteiger partial charge in [0.2, 0.25) is 11.7 Å². The number of piperidine rings is 1. The largest absolute Gasteiger partial charge is 0.421 e. The molecule has 0 aliphatic carbocycles. The molecular formula is C20H17N3O5S. The van der Waals surface area contributed by atoms with Gasteiger partial charge in [-0.2, -0.15) is 4.98 Å². The van der Waals surface area contributed by atoms with Crippen molar-refractivity contribution in [3.63, 3.8) is 0 Å². The molecule has 2 aliphatic heterocycles. The quantitative estimate of drug-likeness (QED) is 0.479. The van der Waals surface area contributed by atoms with Crippen molar-refractivity contribution in [2.45, 2.75) is 24.2 Å². The normalized spacial score (nSPS) is 23.9. The van der Waals surface area contributed by atoms with Crippen molar-refractivity contribution in [2.24, 2.45) is 0 Å². The van der Waals surface area contributed by atoms with E-state index in [1.807, 2.05) is 47.8 Å². The van der Waals surface area contributed by atoms with E-state index in [0.29, 0.717) is 24.7 Å². The molecule has 9 heteroatoms. The van der Waals surface area contributed by atoms with Gasteiger partial charge in [0.05, 0.1) is 16.7 Å². The minimum absolute atomic E-state index is 0.157. The summed E-state index contributed by atoms with van der Waals surface area (Å²) in [6.45, 7) is 0.492. The van der Waals surface area contributed by atoms with Crippen LogP contribution in [0.15, 0.2) is 52.4 Å². The minimum Gasteiger partial charge on any atom is -0.400 e. The summed E-state index contributed by atoms with van der Waals surface area (Å²) in [7, 11) is 1.76. The van der Waals surface area contributed by atoms with E-state index < -0.39 is 23.3 Å². The average Bonchev–Trinajstić information content (AvgIpc) is 3.47. The lowest BCUT2D eigenvalue weighted by Gasteiger charge is -2.46. The number of thiophene rings is 1. The second-order valence-electron chi connectivity index (χ2n) is 7.19. The van der Waals surface area contributed by atoms with Crippen molar-refractivity contribution in [3.8, 4) is 10.7 Å². The zero-order valence-electron chi connectivity index (χ0n) is 15.5. The van der Waals surface area contributed by atoms with Crippen LogP contribution in [0.25, 0.3) is 10.7 Å². The molecule has 2 aromatic heterocycles. The molecule has 0 N–H and O–H groups in total. The molecule has 5 rings (SSSR count). The van der Waals surface area contributed by atoms with Crippen LogP contribution in [0.5, 0.6) is 0 Å². The number of hydrogen-bond acceptors (Lipinski definition) is 9. The van der Waals surface area contributed by atoms with Gasteiger partial charge >= 0.3 is 17.8 Å². The van der Waals surface area contributed by atoms with E-state index >= 15 is 0 Å². The fourth-order valence-corrected chi connectivity index (χ4v) is 4.64. The van der Waals surface area contributed by atoms with Crippen LogP contribution in [0.1, 0.15) is 24.3 Å². The number of rotatable bonds is 3. The number of esters is 2. The summed E-state index contributed by atoms with van der Waals surface area (Å²) in [5, 5.41) is 6.11. The molecule has 148 valence electrons. The Hall–Kier alpha value is -3.04. The minimum atomic E-state index is -1.50. The van der Waals surface area contributed by atoms with Gasteiger partial charge in [0.15, 0.2) is 0 Å². The topological polar surface area (TPSA) is 94.8 Å². The maximum Gasteiger partial charge on any atom is 0.421 e. The molecule has 0 radical (unpaired) electrons. The fraction of sp³-hybridized carbons (Fsp3) is 0.300. The van der Waals surface area contributed by atoms with Crippen molar-refractivity contribution in [3.05, 3.63) is 59.3 Å². The number of nitrogens with zero attached hydrogens (tertiary/aromatic N) is 3. The van der Waals surface area contributed by atoms with E-state index in [1.165, 1.54) is 11.3 Å². The predicted octanol–water partition coefficient (Wildman–Crippen LogP) is 2.56. The highest BCUT2D eigenvalue weighted by Crippen LogP contribution is 2.49. The van der Waals surface area contributed by atoms with Gasteiger partial charge in [-0.05, 0) is 30.5 Å². The highest BCUT2D eigenvalue weighted by atomic mass is 32.1. The highest BCUT2D eigenvalue weighted by Gasteiger charge is 2.61. The van der Waals surface area contributed by atoms with E-state index in [-0.39, 0.29) is 6.42 Å². The number of carbonyl (C=O) groups is 2. The van der Waals surface area contributed by atoms with Gasteiger partial charge in [-0.25, -0.2) is 14.5 Å². The summed E-state index contributed by atoms with van der Waals surface area (Å²) in [5.74, 6) is -2.59. The zero-order chi connectivity index (χ0) is 20.1. The van der Waals surface area contributed by atoms with Crippen molar-refractivity contribution in [2.75, 3.05) is 13.6 Å². The molecule has 1 aromatic carbocycles. The molecule has 0 saturated carbocycles. The lowest BCUT2D eigenvalue weighted by Crippen LogP contribution is -2.58. The van der Waals surface area contributed by atoms with Crippen LogP contribution in [0, 0.1) is 0 Å². The number of benzene rings is 1. The third kappa shape index (κ3) is 2.77. The lowest BCUT2D eigenvalue weighted by molar-refractivity contribution is -0.266. The van der Waals surface area contributed by atoms with Gasteiger partial charge in [-0.3, -0.25) is 0 Å². The van der Waals surface area contributed by atoms with Gasteiger partial charge in [0.1, 0.15) is 0 Å². The van der Waals surface area contributed by atoms with Gasteiger partial charge in [0, 0.05) is 6.54 Å². The molecule has 0 bridgehead atoms. The third-order valence-electron chi connectivity index (χ3n) is 5.56. The smallest absolute Gasteiger partial charge is 0.400 e. The first kappa shape index (κ1) is 18.0. The number of carbonyl (C=O) groups excluding carboxylic acids is 2. The van der Waals surface area contributed by atoms with Crippen LogP contribution in [0.2, 0.25) is 0 Å². The second kappa shape index (κ2) is 6.50. The Bertz CT molecular complexity index is 1050. The van der Waals surface area contributed by atoms with E-state index in [4.69, 9.17) is 14.0 Å². The predicted molar refractivity (Wildman–Crippen MR) is 102 cm³/mol. The van der Waals surface area contributed by atoms with Crippen LogP contribution < -0.4 is 0 Å². The van der Waals surface area contributed by atoms with Crippen molar-refractivity contribution in [1.82, 2.24) is 15.0 Å². The summed E-state index contributed by atoms with van der Waals surface area (Å²) in [6.07, 6.45) is 0.778. The standard InChI is InChI=1S/C20H17N3O5S/c1-23-10-9-19(13-6-3-2-4-7-13,12-20(23)26-16(24)17(25)27-20)18-21-15(22-28-18)14-8-5-11-29-14/h2-8,11H,9-10,12H2,1H3. The van der Waals surface area contributed by atoms with Crippen molar-refractivity contribution in [1.29, 1.82) is 0 Å². The van der Waals surface area contributed by atoms with Crippen LogP contribution in [-0.4, -0.2) is 46.5 Å². The third-order valence-corrected chi connectivity index (χ3v) is 6.42. The average molecular weight is 411 g/mol. The Labute approximate surface area is 170 Å². The van der Waals surface area contributed by atoms with Crippen LogP contribution in [-0.2, 0) is 24.5 Å². The number of hydrogen-bond donors (Lipinski definition) is 0. The Balaban J connectivity index is 1.63. The maximum atomic E-state index is 11.9. The monoisotopic (exact) mass is 411 g/mol. The summed E-state index contributed by atoms with van der Waals surface area (Å²) in [4.78, 5) is 31.0. The lowest BCUT2D eigenvalue weighted by atomic mass is 9.71. The number of aromatic nitrogens is 2. The molecule has 2 saturated heterocycles. The van der Waals surface area contributed by atoms with E-state index in [2.05, 4.69) is 10.1 Å². The molecule has 1 spiro atoms. The molecule has 3 aromatic rings. The number of likely N-dealkylation sites (tertiary alicyclic amines) is 1. The Morgan fingerprint density at radius 2 is 1.83 bits per heavy atom. The first-order valence-electron chi connectivity index (χ1n) is 9.14. The van der Waals surface area contributed by atoms with Gasteiger partial charge in [0.25, 0.3) is 0 Å². The molecule has 29 heavy (non-hydrogen) atoms. The molecule has 4 heterocycles. The molecule has 1 atom stereocenters. The van der Waals surface area contributed by atoms with E-state index in [9.17, 15) is 9.59 Å². The zero-order valence-corrected chi connectivity index (χ0v) is 16.3. The second-order valence-corrected chi connectivity index (χ2v) is 8.14. The molecule has 1 unspecified atom stereocenters. The van der Waals surface area contributed by atoms with E-state index in [1.54, 1.807) is 11.9 Å². The summed E-state index contributed by atoms with van der Waals surface area (Å²) < 4.78 is 16.6. The van der Waals surface area contributed by atoms with Gasteiger partial charge in [-0.1, -0.05) is 41.6 Å². The van der Waals surface area contributed by atoms with Crippen molar-refractivity contribution >= 4 is 23.3 Å². The highest BCUT2D eigenvalue weighted by molar-refractivity contribution is 7.13. The molecule has 2 aliphatic rings. The SMILES string of the molecule is CN1CCC(c2ccccc2)(c2nc(-c3cccs3)no2)CC12OC(=O)C(=O)O2. The first-order chi connectivity index (χ1) is 14.0. The molecular weight excluding hydrogens is 394 g/mol. The number of ether oxygens (including phenoxy) is 2.